The van der Waals surface area contributed by atoms with E-state index in [4.69, 9.17) is 10.2 Å². The molecule has 82 valence electrons. The van der Waals surface area contributed by atoms with Gasteiger partial charge in [0.2, 0.25) is 0 Å². The molecule has 0 aliphatic rings. The van der Waals surface area contributed by atoms with Crippen LogP contribution in [0.4, 0.5) is 0 Å². The van der Waals surface area contributed by atoms with Gasteiger partial charge in [-0.1, -0.05) is 0 Å². The van der Waals surface area contributed by atoms with E-state index in [1.165, 1.54) is 12.5 Å². The molecule has 1 aromatic heterocycles. The summed E-state index contributed by atoms with van der Waals surface area (Å²) in [6.07, 6.45) is 2.56. The Morgan fingerprint density at radius 1 is 1.67 bits per heavy atom. The third-order valence-electron chi connectivity index (χ3n) is 1.92. The standard InChI is InChI=1S/C9H13N3O3/c1-6(4-13)11-3-8-7(9(14)15)2-10-5-12-8/h2,5-6,11,13H,3-4H2,1H3,(H,14,15). The summed E-state index contributed by atoms with van der Waals surface area (Å²) in [7, 11) is 0. The molecule has 0 bridgehead atoms. The molecular formula is C9H13N3O3. The van der Waals surface area contributed by atoms with Crippen LogP contribution in [0.5, 0.6) is 0 Å². The van der Waals surface area contributed by atoms with Gasteiger partial charge < -0.3 is 15.5 Å². The van der Waals surface area contributed by atoms with E-state index in [1.807, 2.05) is 0 Å². The normalized spacial score (nSPS) is 12.4. The average molecular weight is 211 g/mol. The molecule has 0 spiro atoms. The van der Waals surface area contributed by atoms with Crippen molar-refractivity contribution in [2.24, 2.45) is 0 Å². The van der Waals surface area contributed by atoms with Crippen LogP contribution in [0.2, 0.25) is 0 Å². The second kappa shape index (κ2) is 5.38. The molecule has 0 aliphatic heterocycles. The minimum absolute atomic E-state index is 0.00646. The van der Waals surface area contributed by atoms with Gasteiger partial charge in [-0.15, -0.1) is 0 Å². The topological polar surface area (TPSA) is 95.3 Å². The van der Waals surface area contributed by atoms with E-state index in [-0.39, 0.29) is 18.2 Å². The lowest BCUT2D eigenvalue weighted by atomic mass is 10.2. The fourth-order valence-electron chi connectivity index (χ4n) is 1.01. The van der Waals surface area contributed by atoms with Gasteiger partial charge in [-0.25, -0.2) is 14.8 Å². The van der Waals surface area contributed by atoms with Crippen LogP contribution in [0.15, 0.2) is 12.5 Å². The third-order valence-corrected chi connectivity index (χ3v) is 1.92. The number of carbonyl (C=O) groups is 1. The van der Waals surface area contributed by atoms with Crippen molar-refractivity contribution in [3.05, 3.63) is 23.8 Å². The first-order valence-corrected chi connectivity index (χ1v) is 4.51. The van der Waals surface area contributed by atoms with Crippen molar-refractivity contribution in [2.45, 2.75) is 19.5 Å². The maximum absolute atomic E-state index is 10.8. The molecule has 1 unspecified atom stereocenters. The first kappa shape index (κ1) is 11.5. The number of rotatable bonds is 5. The zero-order valence-electron chi connectivity index (χ0n) is 8.34. The van der Waals surface area contributed by atoms with Gasteiger partial charge in [0.15, 0.2) is 0 Å². The number of nitrogens with zero attached hydrogens (tertiary/aromatic N) is 2. The van der Waals surface area contributed by atoms with E-state index in [2.05, 4.69) is 15.3 Å². The number of nitrogens with one attached hydrogen (secondary N) is 1. The molecule has 0 aromatic carbocycles. The molecule has 3 N–H and O–H groups in total. The number of aliphatic hydroxyl groups is 1. The van der Waals surface area contributed by atoms with Crippen LogP contribution in [0.1, 0.15) is 23.0 Å². The van der Waals surface area contributed by atoms with Crippen molar-refractivity contribution in [1.29, 1.82) is 0 Å². The largest absolute Gasteiger partial charge is 0.478 e. The molecule has 0 saturated heterocycles. The molecule has 15 heavy (non-hydrogen) atoms. The molecule has 1 atom stereocenters. The highest BCUT2D eigenvalue weighted by atomic mass is 16.4. The summed E-state index contributed by atoms with van der Waals surface area (Å²) >= 11 is 0. The van der Waals surface area contributed by atoms with E-state index in [0.717, 1.165) is 0 Å². The van der Waals surface area contributed by atoms with Gasteiger partial charge in [-0.3, -0.25) is 0 Å². The Morgan fingerprint density at radius 3 is 3.00 bits per heavy atom. The Bertz CT molecular complexity index is 343. The molecule has 1 rings (SSSR count). The number of aromatic carboxylic acids is 1. The summed E-state index contributed by atoms with van der Waals surface area (Å²) in [5.74, 6) is -1.05. The Labute approximate surface area is 87.0 Å². The zero-order chi connectivity index (χ0) is 11.3. The van der Waals surface area contributed by atoms with Crippen LogP contribution in [0, 0.1) is 0 Å². The molecular weight excluding hydrogens is 198 g/mol. The molecule has 0 fully saturated rings. The molecule has 0 saturated carbocycles. The third kappa shape index (κ3) is 3.26. The molecule has 0 aliphatic carbocycles. The predicted molar refractivity (Wildman–Crippen MR) is 52.4 cm³/mol. The fourth-order valence-corrected chi connectivity index (χ4v) is 1.01. The number of aliphatic hydroxyl groups excluding tert-OH is 1. The second-order valence-electron chi connectivity index (χ2n) is 3.15. The highest BCUT2D eigenvalue weighted by Gasteiger charge is 2.11. The van der Waals surface area contributed by atoms with E-state index >= 15 is 0 Å². The summed E-state index contributed by atoms with van der Waals surface area (Å²) in [5, 5.41) is 20.6. The lowest BCUT2D eigenvalue weighted by Gasteiger charge is -2.10. The lowest BCUT2D eigenvalue weighted by molar-refractivity contribution is 0.0694. The first-order chi connectivity index (χ1) is 7.15. The summed E-state index contributed by atoms with van der Waals surface area (Å²) < 4.78 is 0. The minimum Gasteiger partial charge on any atom is -0.478 e. The summed E-state index contributed by atoms with van der Waals surface area (Å²) in [6, 6.07) is -0.0957. The van der Waals surface area contributed by atoms with Crippen molar-refractivity contribution >= 4 is 5.97 Å². The fraction of sp³-hybridized carbons (Fsp3) is 0.444. The van der Waals surface area contributed by atoms with Gasteiger partial charge >= 0.3 is 5.97 Å². The lowest BCUT2D eigenvalue weighted by Crippen LogP contribution is -2.29. The number of hydrogen-bond acceptors (Lipinski definition) is 5. The smallest absolute Gasteiger partial charge is 0.339 e. The van der Waals surface area contributed by atoms with E-state index in [1.54, 1.807) is 6.92 Å². The number of carboxylic acid groups (broad SMARTS) is 1. The van der Waals surface area contributed by atoms with Gasteiger partial charge in [0.1, 0.15) is 11.9 Å². The van der Waals surface area contributed by atoms with Crippen molar-refractivity contribution in [3.63, 3.8) is 0 Å². The number of carboxylic acids is 1. The van der Waals surface area contributed by atoms with Crippen molar-refractivity contribution < 1.29 is 15.0 Å². The summed E-state index contributed by atoms with van der Waals surface area (Å²) in [6.45, 7) is 2.08. The monoisotopic (exact) mass is 211 g/mol. The molecule has 0 amide bonds. The van der Waals surface area contributed by atoms with Gasteiger partial charge in [-0.05, 0) is 6.92 Å². The average Bonchev–Trinajstić information content (AvgIpc) is 2.26. The van der Waals surface area contributed by atoms with Crippen LogP contribution in [0.25, 0.3) is 0 Å². The van der Waals surface area contributed by atoms with E-state index in [0.29, 0.717) is 12.2 Å². The van der Waals surface area contributed by atoms with Crippen LogP contribution < -0.4 is 5.32 Å². The van der Waals surface area contributed by atoms with E-state index in [9.17, 15) is 4.79 Å². The Balaban J connectivity index is 2.72. The highest BCUT2D eigenvalue weighted by molar-refractivity contribution is 5.88. The van der Waals surface area contributed by atoms with E-state index < -0.39 is 5.97 Å². The van der Waals surface area contributed by atoms with Gasteiger partial charge in [-0.2, -0.15) is 0 Å². The highest BCUT2D eigenvalue weighted by Crippen LogP contribution is 2.03. The summed E-state index contributed by atoms with van der Waals surface area (Å²) in [4.78, 5) is 18.3. The van der Waals surface area contributed by atoms with Gasteiger partial charge in [0.05, 0.1) is 12.3 Å². The second-order valence-corrected chi connectivity index (χ2v) is 3.15. The maximum Gasteiger partial charge on any atom is 0.339 e. The SMILES string of the molecule is CC(CO)NCc1ncncc1C(=O)O. The molecule has 1 heterocycles. The zero-order valence-corrected chi connectivity index (χ0v) is 8.34. The van der Waals surface area contributed by atoms with Gasteiger partial charge in [0.25, 0.3) is 0 Å². The number of aromatic nitrogens is 2. The Hall–Kier alpha value is -1.53. The Morgan fingerprint density at radius 2 is 2.40 bits per heavy atom. The Kier molecular flexibility index (Phi) is 4.14. The molecule has 1 aromatic rings. The van der Waals surface area contributed by atoms with Gasteiger partial charge in [0, 0.05) is 18.8 Å². The van der Waals surface area contributed by atoms with Crippen LogP contribution in [-0.2, 0) is 6.54 Å². The molecule has 0 radical (unpaired) electrons. The maximum atomic E-state index is 10.8. The first-order valence-electron chi connectivity index (χ1n) is 4.51. The number of hydrogen-bond donors (Lipinski definition) is 3. The van der Waals surface area contributed by atoms with Crippen LogP contribution in [-0.4, -0.2) is 38.8 Å². The van der Waals surface area contributed by atoms with Crippen LogP contribution in [0.3, 0.4) is 0 Å². The summed E-state index contributed by atoms with van der Waals surface area (Å²) in [5.41, 5.74) is 0.493. The van der Waals surface area contributed by atoms with Crippen LogP contribution >= 0.6 is 0 Å². The van der Waals surface area contributed by atoms with Crippen molar-refractivity contribution in [3.8, 4) is 0 Å². The predicted octanol–water partition coefficient (Wildman–Crippen LogP) is -0.355. The van der Waals surface area contributed by atoms with Crippen molar-refractivity contribution in [2.75, 3.05) is 6.61 Å². The molecule has 6 nitrogen and oxygen atoms in total. The molecule has 6 heteroatoms. The quantitative estimate of drug-likeness (QED) is 0.616. The minimum atomic E-state index is -1.05. The van der Waals surface area contributed by atoms with Crippen molar-refractivity contribution in [1.82, 2.24) is 15.3 Å².